The molecule has 6 rings (SSSR count). The zero-order valence-corrected chi connectivity index (χ0v) is 32.2. The summed E-state index contributed by atoms with van der Waals surface area (Å²) in [7, 11) is 0. The lowest BCUT2D eigenvalue weighted by atomic mass is 10.0. The highest BCUT2D eigenvalue weighted by Gasteiger charge is 2.45. The minimum atomic E-state index is -1.03. The molecule has 3 aliphatic rings. The molecule has 15 nitrogen and oxygen atoms in total. The largest absolute Gasteiger partial charge is 0.384 e. The molecule has 0 saturated carbocycles. The van der Waals surface area contributed by atoms with E-state index in [1.54, 1.807) is 38.1 Å². The lowest BCUT2D eigenvalue weighted by Gasteiger charge is -2.27. The van der Waals surface area contributed by atoms with E-state index in [1.807, 2.05) is 6.92 Å². The number of carbonyl (C=O) groups excluding carboxylic acids is 7. The minimum absolute atomic E-state index is 0.0521. The van der Waals surface area contributed by atoms with Crippen molar-refractivity contribution in [3.8, 4) is 0 Å². The maximum absolute atomic E-state index is 13.9. The Kier molecular flexibility index (Phi) is 12.6. The smallest absolute Gasteiger partial charge is 0.264 e. The zero-order chi connectivity index (χ0) is 40.8. The number of aryl methyl sites for hydroxylation is 1. The van der Waals surface area contributed by atoms with Crippen molar-refractivity contribution in [3.05, 3.63) is 81.4 Å². The Morgan fingerprint density at radius 1 is 0.930 bits per heavy atom. The van der Waals surface area contributed by atoms with Gasteiger partial charge in [0.1, 0.15) is 11.9 Å². The predicted octanol–water partition coefficient (Wildman–Crippen LogP) is 3.50. The Morgan fingerprint density at radius 3 is 2.46 bits per heavy atom. The van der Waals surface area contributed by atoms with Crippen LogP contribution in [0.2, 0.25) is 0 Å². The van der Waals surface area contributed by atoms with Crippen molar-refractivity contribution in [1.29, 1.82) is 0 Å². The fraction of sp³-hybridized carbons (Fsp3) is 0.390. The number of benzene rings is 2. The molecule has 16 heteroatoms. The van der Waals surface area contributed by atoms with Crippen LogP contribution >= 0.6 is 0 Å². The summed E-state index contributed by atoms with van der Waals surface area (Å²) in [6.45, 7) is 8.85. The number of piperidine rings is 1. The van der Waals surface area contributed by atoms with E-state index in [-0.39, 0.29) is 41.7 Å². The van der Waals surface area contributed by atoms with E-state index in [2.05, 4.69) is 36.5 Å². The molecule has 2 aromatic carbocycles. The van der Waals surface area contributed by atoms with E-state index in [9.17, 15) is 38.0 Å². The van der Waals surface area contributed by atoms with Crippen molar-refractivity contribution in [2.24, 2.45) is 0 Å². The standard InChI is InChI=1S/C41H47FN8O7/c1-4-49(20-18-45-39(55)35-23(2)31(46-24(35)3)22-28-27-21-25(42)12-13-29(27)47-37(28)53)19-17-44-33(51)11-6-5-7-16-43-30-10-8-9-26-36(30)41(57)50(40(26)56)32-14-15-34(52)48-38(32)54/h8-10,12-13,21-22,32,43,46H,4-7,11,14-20H2,1-3H3,(H,44,51)(H,45,55)(H,47,53)(H,48,52,54)/b28-22-. The maximum Gasteiger partial charge on any atom is 0.264 e. The first kappa shape index (κ1) is 40.5. The summed E-state index contributed by atoms with van der Waals surface area (Å²) in [5, 5.41) is 14.1. The Labute approximate surface area is 329 Å². The first-order valence-electron chi connectivity index (χ1n) is 19.3. The topological polar surface area (TPSA) is 202 Å². The predicted molar refractivity (Wildman–Crippen MR) is 211 cm³/mol. The Balaban J connectivity index is 0.877. The van der Waals surface area contributed by atoms with Crippen LogP contribution in [0.3, 0.4) is 0 Å². The average molecular weight is 783 g/mol. The highest BCUT2D eigenvalue weighted by Crippen LogP contribution is 2.35. The van der Waals surface area contributed by atoms with Crippen molar-refractivity contribution in [3.63, 3.8) is 0 Å². The molecule has 1 atom stereocenters. The van der Waals surface area contributed by atoms with Crippen LogP contribution in [0.4, 0.5) is 15.8 Å². The number of nitrogens with one attached hydrogen (secondary N) is 6. The summed E-state index contributed by atoms with van der Waals surface area (Å²) in [5.41, 5.74) is 4.65. The fourth-order valence-corrected chi connectivity index (χ4v) is 7.47. The van der Waals surface area contributed by atoms with E-state index in [4.69, 9.17) is 0 Å². The number of H-pyrrole nitrogens is 1. The summed E-state index contributed by atoms with van der Waals surface area (Å²) in [6, 6.07) is 8.02. The van der Waals surface area contributed by atoms with Gasteiger partial charge in [-0.2, -0.15) is 0 Å². The van der Waals surface area contributed by atoms with Crippen LogP contribution in [0.1, 0.15) is 99.0 Å². The van der Waals surface area contributed by atoms with Crippen LogP contribution in [-0.4, -0.2) is 101 Å². The quantitative estimate of drug-likeness (QED) is 0.0674. The molecular formula is C41H47FN8O7. The molecule has 1 aromatic heterocycles. The van der Waals surface area contributed by atoms with E-state index in [1.165, 1.54) is 18.2 Å². The van der Waals surface area contributed by atoms with Gasteiger partial charge in [-0.25, -0.2) is 4.39 Å². The summed E-state index contributed by atoms with van der Waals surface area (Å²) < 4.78 is 13.9. The SMILES string of the molecule is CCN(CCNC(=O)CCCCCNc1cccc2c1C(=O)N(C1CCC(=O)NC1=O)C2=O)CCNC(=O)c1c(C)[nH]c(/C=C2\C(=O)Nc3ccc(F)cc32)c1C. The highest BCUT2D eigenvalue weighted by atomic mass is 19.1. The molecule has 3 aromatic rings. The third-order valence-corrected chi connectivity index (χ3v) is 10.5. The van der Waals surface area contributed by atoms with Crippen molar-refractivity contribution >= 4 is 64.4 Å². The van der Waals surface area contributed by atoms with Gasteiger partial charge in [-0.3, -0.25) is 43.8 Å². The van der Waals surface area contributed by atoms with Crippen LogP contribution in [-0.2, 0) is 19.2 Å². The molecule has 1 unspecified atom stereocenters. The Morgan fingerprint density at radius 2 is 1.70 bits per heavy atom. The molecule has 6 N–H and O–H groups in total. The molecule has 0 bridgehead atoms. The average Bonchev–Trinajstić information content (AvgIpc) is 3.74. The summed E-state index contributed by atoms with van der Waals surface area (Å²) in [4.78, 5) is 94.8. The molecule has 1 saturated heterocycles. The van der Waals surface area contributed by atoms with E-state index in [0.29, 0.717) is 90.6 Å². The van der Waals surface area contributed by atoms with Gasteiger partial charge in [0.15, 0.2) is 0 Å². The minimum Gasteiger partial charge on any atom is -0.384 e. The number of hydrogen-bond donors (Lipinski definition) is 6. The monoisotopic (exact) mass is 782 g/mol. The van der Waals surface area contributed by atoms with Crippen LogP contribution in [0, 0.1) is 19.7 Å². The number of likely N-dealkylation sites (N-methyl/N-ethyl adjacent to an activating group) is 1. The van der Waals surface area contributed by atoms with Gasteiger partial charge in [-0.15, -0.1) is 0 Å². The number of rotatable bonds is 17. The third-order valence-electron chi connectivity index (χ3n) is 10.5. The molecule has 7 amide bonds. The van der Waals surface area contributed by atoms with Crippen LogP contribution in [0.25, 0.3) is 11.6 Å². The number of imide groups is 2. The molecule has 1 fully saturated rings. The van der Waals surface area contributed by atoms with E-state index in [0.717, 1.165) is 24.3 Å². The molecule has 4 heterocycles. The van der Waals surface area contributed by atoms with Gasteiger partial charge in [0.2, 0.25) is 17.7 Å². The van der Waals surface area contributed by atoms with Crippen LogP contribution in [0.5, 0.6) is 0 Å². The van der Waals surface area contributed by atoms with Crippen molar-refractivity contribution in [2.75, 3.05) is 49.9 Å². The van der Waals surface area contributed by atoms with Gasteiger partial charge in [0.25, 0.3) is 23.6 Å². The molecule has 300 valence electrons. The first-order valence-corrected chi connectivity index (χ1v) is 19.3. The van der Waals surface area contributed by atoms with Gasteiger partial charge < -0.3 is 31.2 Å². The van der Waals surface area contributed by atoms with Gasteiger partial charge in [0.05, 0.1) is 22.3 Å². The van der Waals surface area contributed by atoms with Crippen molar-refractivity contribution in [2.45, 2.75) is 65.3 Å². The van der Waals surface area contributed by atoms with Gasteiger partial charge in [-0.1, -0.05) is 19.4 Å². The summed E-state index contributed by atoms with van der Waals surface area (Å²) in [5.74, 6) is -3.30. The lowest BCUT2D eigenvalue weighted by Crippen LogP contribution is -2.54. The zero-order valence-electron chi connectivity index (χ0n) is 32.2. The van der Waals surface area contributed by atoms with Gasteiger partial charge in [0, 0.05) is 73.9 Å². The Hall–Kier alpha value is -6.16. The second-order valence-electron chi connectivity index (χ2n) is 14.3. The number of fused-ring (bicyclic) bond motifs is 2. The second-order valence-corrected chi connectivity index (χ2v) is 14.3. The second kappa shape index (κ2) is 17.7. The molecule has 0 aliphatic carbocycles. The number of anilines is 2. The number of carbonyl (C=O) groups is 7. The molecule has 0 spiro atoms. The van der Waals surface area contributed by atoms with Crippen LogP contribution < -0.4 is 26.6 Å². The number of nitrogens with zero attached hydrogens (tertiary/aromatic N) is 2. The summed E-state index contributed by atoms with van der Waals surface area (Å²) in [6.07, 6.45) is 4.29. The number of aromatic amines is 1. The number of aromatic nitrogens is 1. The lowest BCUT2D eigenvalue weighted by molar-refractivity contribution is -0.136. The number of amides is 7. The van der Waals surface area contributed by atoms with Crippen molar-refractivity contribution < 1.29 is 38.0 Å². The molecule has 0 radical (unpaired) electrons. The number of halogens is 1. The fourth-order valence-electron chi connectivity index (χ4n) is 7.47. The molecule has 57 heavy (non-hydrogen) atoms. The van der Waals surface area contributed by atoms with E-state index >= 15 is 0 Å². The molecular weight excluding hydrogens is 735 g/mol. The third kappa shape index (κ3) is 8.96. The van der Waals surface area contributed by atoms with Gasteiger partial charge >= 0.3 is 0 Å². The van der Waals surface area contributed by atoms with Crippen molar-refractivity contribution in [1.82, 2.24) is 30.7 Å². The first-order chi connectivity index (χ1) is 27.4. The Bertz CT molecular complexity index is 2160. The van der Waals surface area contributed by atoms with Gasteiger partial charge in [-0.05, 0) is 81.6 Å². The summed E-state index contributed by atoms with van der Waals surface area (Å²) >= 11 is 0. The van der Waals surface area contributed by atoms with E-state index < -0.39 is 35.5 Å². The number of unbranched alkanes of at least 4 members (excludes halogenated alkanes) is 2. The highest BCUT2D eigenvalue weighted by molar-refractivity contribution is 6.35. The molecule has 3 aliphatic heterocycles. The number of hydrogen-bond acceptors (Lipinski definition) is 9. The van der Waals surface area contributed by atoms with Crippen LogP contribution in [0.15, 0.2) is 36.4 Å². The maximum atomic E-state index is 13.9. The normalized spacial score (nSPS) is 16.9.